The van der Waals surface area contributed by atoms with Crippen LogP contribution in [0.15, 0.2) is 12.7 Å². The second-order valence-corrected chi connectivity index (χ2v) is 2.52. The smallest absolute Gasteiger partial charge is 0.0796 e. The first kappa shape index (κ1) is 8.70. The highest BCUT2D eigenvalue weighted by Gasteiger charge is 2.12. The molecule has 0 heterocycles. The summed E-state index contributed by atoms with van der Waals surface area (Å²) in [7, 11) is 0. The summed E-state index contributed by atoms with van der Waals surface area (Å²) in [5.74, 6) is 0. The fraction of sp³-hybridized carbons (Fsp3) is 0.625. The van der Waals surface area contributed by atoms with Crippen LogP contribution in [-0.4, -0.2) is 10.7 Å². The summed E-state index contributed by atoms with van der Waals surface area (Å²) in [5.41, 5.74) is -0.683. The van der Waals surface area contributed by atoms with E-state index in [2.05, 4.69) is 13.5 Å². The predicted octanol–water partition coefficient (Wildman–Crippen LogP) is 1.93. The molecule has 0 aromatic heterocycles. The Morgan fingerprint density at radius 1 is 1.78 bits per heavy atom. The van der Waals surface area contributed by atoms with Crippen LogP contribution in [0.5, 0.6) is 0 Å². The molecule has 0 amide bonds. The average molecular weight is 127 g/mol. The maximum absolute atomic E-state index is 9.31. The van der Waals surface area contributed by atoms with Gasteiger partial charge in [-0.25, -0.2) is 0 Å². The van der Waals surface area contributed by atoms with Crippen molar-refractivity contribution < 1.29 is 5.11 Å². The first-order valence-electron chi connectivity index (χ1n) is 3.27. The third kappa shape index (κ3) is 4.22. The van der Waals surface area contributed by atoms with Gasteiger partial charge in [0.05, 0.1) is 5.60 Å². The molecular formula is C8H15O-. The minimum atomic E-state index is -0.683. The van der Waals surface area contributed by atoms with E-state index in [-0.39, 0.29) is 0 Å². The minimum absolute atomic E-state index is 0.683. The molecule has 0 spiro atoms. The lowest BCUT2D eigenvalue weighted by molar-refractivity contribution is 0.100. The van der Waals surface area contributed by atoms with Gasteiger partial charge in [-0.3, -0.25) is 0 Å². The van der Waals surface area contributed by atoms with Gasteiger partial charge in [0, 0.05) is 0 Å². The monoisotopic (exact) mass is 127 g/mol. The molecule has 1 heteroatoms. The molecule has 0 saturated heterocycles. The first-order valence-corrected chi connectivity index (χ1v) is 3.27. The normalized spacial score (nSPS) is 16.8. The van der Waals surface area contributed by atoms with Crippen molar-refractivity contribution in [1.29, 1.82) is 0 Å². The Morgan fingerprint density at radius 3 is 2.67 bits per heavy atom. The van der Waals surface area contributed by atoms with E-state index in [9.17, 15) is 5.11 Å². The van der Waals surface area contributed by atoms with Gasteiger partial charge in [-0.15, -0.1) is 6.58 Å². The third-order valence-corrected chi connectivity index (χ3v) is 1.37. The Balaban J connectivity index is 3.45. The highest BCUT2D eigenvalue weighted by molar-refractivity contribution is 4.91. The topological polar surface area (TPSA) is 20.2 Å². The molecule has 54 valence electrons. The van der Waals surface area contributed by atoms with E-state index >= 15 is 0 Å². The fourth-order valence-corrected chi connectivity index (χ4v) is 0.585. The van der Waals surface area contributed by atoms with Crippen molar-refractivity contribution in [2.75, 3.05) is 0 Å². The zero-order chi connectivity index (χ0) is 7.33. The molecule has 1 N–H and O–H groups in total. The van der Waals surface area contributed by atoms with Crippen LogP contribution in [0.25, 0.3) is 0 Å². The Kier molecular flexibility index (Phi) is 3.55. The molecule has 0 aliphatic heterocycles. The van der Waals surface area contributed by atoms with Crippen molar-refractivity contribution in [1.82, 2.24) is 0 Å². The molecule has 1 unspecified atom stereocenters. The van der Waals surface area contributed by atoms with Crippen molar-refractivity contribution >= 4 is 0 Å². The highest BCUT2D eigenvalue weighted by Crippen LogP contribution is 2.13. The highest BCUT2D eigenvalue weighted by atomic mass is 16.3. The van der Waals surface area contributed by atoms with E-state index in [0.717, 1.165) is 19.3 Å². The summed E-state index contributed by atoms with van der Waals surface area (Å²) in [6.07, 6.45) is 4.17. The van der Waals surface area contributed by atoms with E-state index < -0.39 is 5.60 Å². The molecule has 0 radical (unpaired) electrons. The minimum Gasteiger partial charge on any atom is -0.386 e. The van der Waals surface area contributed by atoms with Crippen LogP contribution in [-0.2, 0) is 0 Å². The zero-order valence-electron chi connectivity index (χ0n) is 6.06. The van der Waals surface area contributed by atoms with Gasteiger partial charge in [0.2, 0.25) is 0 Å². The Morgan fingerprint density at radius 2 is 2.33 bits per heavy atom. The van der Waals surface area contributed by atoms with E-state index in [0.29, 0.717) is 0 Å². The van der Waals surface area contributed by atoms with Crippen LogP contribution in [0.2, 0.25) is 0 Å². The molecule has 0 rings (SSSR count). The quantitative estimate of drug-likeness (QED) is 0.452. The van der Waals surface area contributed by atoms with Crippen LogP contribution in [0, 0.1) is 6.92 Å². The van der Waals surface area contributed by atoms with Gasteiger partial charge in [-0.1, -0.05) is 12.5 Å². The Labute approximate surface area is 57.4 Å². The third-order valence-electron chi connectivity index (χ3n) is 1.37. The maximum atomic E-state index is 9.31. The molecule has 0 aliphatic carbocycles. The molecule has 9 heavy (non-hydrogen) atoms. The molecular weight excluding hydrogens is 112 g/mol. The lowest BCUT2D eigenvalue weighted by Gasteiger charge is -2.17. The summed E-state index contributed by atoms with van der Waals surface area (Å²) in [4.78, 5) is 0. The molecule has 0 fully saturated rings. The second-order valence-electron chi connectivity index (χ2n) is 2.52. The SMILES string of the molecule is C=CC(C)(O)CCC[CH2-]. The zero-order valence-corrected chi connectivity index (χ0v) is 6.06. The molecule has 0 aromatic rings. The van der Waals surface area contributed by atoms with Gasteiger partial charge in [0.15, 0.2) is 0 Å². The van der Waals surface area contributed by atoms with Crippen LogP contribution in [0.3, 0.4) is 0 Å². The lowest BCUT2D eigenvalue weighted by atomic mass is 10.00. The van der Waals surface area contributed by atoms with E-state index in [1.54, 1.807) is 13.0 Å². The second kappa shape index (κ2) is 3.67. The van der Waals surface area contributed by atoms with Gasteiger partial charge in [0.25, 0.3) is 0 Å². The van der Waals surface area contributed by atoms with Crippen molar-refractivity contribution in [3.8, 4) is 0 Å². The predicted molar refractivity (Wildman–Crippen MR) is 40.0 cm³/mol. The summed E-state index contributed by atoms with van der Waals surface area (Å²) < 4.78 is 0. The van der Waals surface area contributed by atoms with Crippen LogP contribution in [0.1, 0.15) is 26.2 Å². The van der Waals surface area contributed by atoms with E-state index in [1.807, 2.05) is 0 Å². The van der Waals surface area contributed by atoms with Crippen molar-refractivity contribution in [2.45, 2.75) is 31.8 Å². The van der Waals surface area contributed by atoms with Crippen LogP contribution in [0.4, 0.5) is 0 Å². The van der Waals surface area contributed by atoms with Gasteiger partial charge in [-0.05, 0) is 13.3 Å². The lowest BCUT2D eigenvalue weighted by Crippen LogP contribution is -2.19. The van der Waals surface area contributed by atoms with Crippen molar-refractivity contribution in [2.24, 2.45) is 0 Å². The van der Waals surface area contributed by atoms with Gasteiger partial charge >= 0.3 is 0 Å². The van der Waals surface area contributed by atoms with E-state index in [1.165, 1.54) is 0 Å². The number of rotatable bonds is 4. The number of aliphatic hydroxyl groups is 1. The molecule has 0 saturated carbocycles. The first-order chi connectivity index (χ1) is 4.12. The van der Waals surface area contributed by atoms with Gasteiger partial charge in [-0.2, -0.15) is 6.42 Å². The van der Waals surface area contributed by atoms with Crippen molar-refractivity contribution in [3.63, 3.8) is 0 Å². The Bertz CT molecular complexity index is 84.6. The van der Waals surface area contributed by atoms with Crippen LogP contribution < -0.4 is 0 Å². The maximum Gasteiger partial charge on any atom is 0.0796 e. The molecule has 1 nitrogen and oxygen atoms in total. The number of hydrogen-bond acceptors (Lipinski definition) is 1. The number of unbranched alkanes of at least 4 members (excludes halogenated alkanes) is 1. The number of hydrogen-bond donors (Lipinski definition) is 1. The summed E-state index contributed by atoms with van der Waals surface area (Å²) >= 11 is 0. The molecule has 0 aromatic carbocycles. The standard InChI is InChI=1S/C8H15O/c1-4-6-7-8(3,9)5-2/h5,9H,1-2,4,6-7H2,3H3/q-1. The molecule has 1 atom stereocenters. The summed E-state index contributed by atoms with van der Waals surface area (Å²) in [6, 6.07) is 0. The van der Waals surface area contributed by atoms with E-state index in [4.69, 9.17) is 0 Å². The summed E-state index contributed by atoms with van der Waals surface area (Å²) in [5, 5.41) is 9.31. The molecule has 0 aliphatic rings. The summed E-state index contributed by atoms with van der Waals surface area (Å²) in [6.45, 7) is 8.95. The largest absolute Gasteiger partial charge is 0.386 e. The average Bonchev–Trinajstić information content (AvgIpc) is 1.84. The molecule has 0 bridgehead atoms. The van der Waals surface area contributed by atoms with Crippen LogP contribution >= 0.6 is 0 Å². The fourth-order valence-electron chi connectivity index (χ4n) is 0.585. The van der Waals surface area contributed by atoms with Gasteiger partial charge in [0.1, 0.15) is 0 Å². The van der Waals surface area contributed by atoms with Gasteiger partial charge < -0.3 is 12.0 Å². The van der Waals surface area contributed by atoms with Crippen molar-refractivity contribution in [3.05, 3.63) is 19.6 Å². The Hall–Kier alpha value is -0.300.